The van der Waals surface area contributed by atoms with Crippen molar-refractivity contribution >= 4 is 6.03 Å². The van der Waals surface area contributed by atoms with Crippen LogP contribution in [0.3, 0.4) is 0 Å². The van der Waals surface area contributed by atoms with Crippen LogP contribution >= 0.6 is 0 Å². The number of aliphatic hydroxyl groups excluding tert-OH is 1. The molecule has 0 saturated heterocycles. The van der Waals surface area contributed by atoms with Gasteiger partial charge in [0.15, 0.2) is 0 Å². The molecule has 4 heteroatoms. The molecule has 0 aromatic carbocycles. The van der Waals surface area contributed by atoms with Crippen LogP contribution in [0.25, 0.3) is 0 Å². The molecule has 1 saturated carbocycles. The second-order valence-corrected chi connectivity index (χ2v) is 4.73. The molecule has 1 fully saturated rings. The Kier molecular flexibility index (Phi) is 5.60. The van der Waals surface area contributed by atoms with E-state index in [1.54, 1.807) is 0 Å². The van der Waals surface area contributed by atoms with Crippen molar-refractivity contribution in [3.8, 4) is 0 Å². The lowest BCUT2D eigenvalue weighted by Crippen LogP contribution is -2.55. The van der Waals surface area contributed by atoms with Crippen LogP contribution in [0, 0.1) is 0 Å². The van der Waals surface area contributed by atoms with Gasteiger partial charge in [-0.2, -0.15) is 0 Å². The third-order valence-corrected chi connectivity index (χ3v) is 3.31. The average molecular weight is 228 g/mol. The van der Waals surface area contributed by atoms with Gasteiger partial charge in [0.1, 0.15) is 0 Å². The SMILES string of the molecule is CCCCNC(=O)NC1(CO)CCCCC1. The first-order valence-corrected chi connectivity index (χ1v) is 6.39. The molecule has 1 aliphatic rings. The molecule has 1 aliphatic carbocycles. The summed E-state index contributed by atoms with van der Waals surface area (Å²) in [4.78, 5) is 11.6. The van der Waals surface area contributed by atoms with Gasteiger partial charge >= 0.3 is 6.03 Å². The number of unbranched alkanes of at least 4 members (excludes halogenated alkanes) is 1. The van der Waals surface area contributed by atoms with Gasteiger partial charge in [0.2, 0.25) is 0 Å². The monoisotopic (exact) mass is 228 g/mol. The van der Waals surface area contributed by atoms with E-state index in [1.165, 1.54) is 6.42 Å². The highest BCUT2D eigenvalue weighted by molar-refractivity contribution is 5.74. The number of carbonyl (C=O) groups is 1. The number of hydrogen-bond acceptors (Lipinski definition) is 2. The highest BCUT2D eigenvalue weighted by Crippen LogP contribution is 2.27. The summed E-state index contributed by atoms with van der Waals surface area (Å²) in [6.45, 7) is 2.86. The fourth-order valence-electron chi connectivity index (χ4n) is 2.21. The number of hydrogen-bond donors (Lipinski definition) is 3. The molecule has 94 valence electrons. The smallest absolute Gasteiger partial charge is 0.315 e. The summed E-state index contributed by atoms with van der Waals surface area (Å²) < 4.78 is 0. The largest absolute Gasteiger partial charge is 0.394 e. The van der Waals surface area contributed by atoms with Gasteiger partial charge in [0.05, 0.1) is 12.1 Å². The molecule has 0 aromatic heterocycles. The third-order valence-electron chi connectivity index (χ3n) is 3.31. The van der Waals surface area contributed by atoms with Gasteiger partial charge in [-0.3, -0.25) is 0 Å². The fourth-order valence-corrected chi connectivity index (χ4v) is 2.21. The van der Waals surface area contributed by atoms with Crippen LogP contribution in [0.1, 0.15) is 51.9 Å². The van der Waals surface area contributed by atoms with Gasteiger partial charge in [0.25, 0.3) is 0 Å². The Bertz CT molecular complexity index is 213. The van der Waals surface area contributed by atoms with Crippen molar-refractivity contribution < 1.29 is 9.90 Å². The molecule has 0 unspecified atom stereocenters. The van der Waals surface area contributed by atoms with Crippen LogP contribution in [0.2, 0.25) is 0 Å². The summed E-state index contributed by atoms with van der Waals surface area (Å²) in [6, 6.07) is -0.135. The zero-order valence-electron chi connectivity index (χ0n) is 10.2. The highest BCUT2D eigenvalue weighted by atomic mass is 16.3. The number of aliphatic hydroxyl groups is 1. The number of rotatable bonds is 5. The van der Waals surface area contributed by atoms with E-state index in [4.69, 9.17) is 0 Å². The second-order valence-electron chi connectivity index (χ2n) is 4.73. The van der Waals surface area contributed by atoms with E-state index in [2.05, 4.69) is 17.6 Å². The van der Waals surface area contributed by atoms with Gasteiger partial charge in [0, 0.05) is 6.54 Å². The summed E-state index contributed by atoms with van der Waals surface area (Å²) in [7, 11) is 0. The first-order chi connectivity index (χ1) is 7.72. The van der Waals surface area contributed by atoms with Crippen LogP contribution < -0.4 is 10.6 Å². The van der Waals surface area contributed by atoms with Crippen molar-refractivity contribution in [3.63, 3.8) is 0 Å². The van der Waals surface area contributed by atoms with Crippen LogP contribution in [-0.2, 0) is 0 Å². The predicted octanol–water partition coefficient (Wildman–Crippen LogP) is 1.78. The minimum absolute atomic E-state index is 0.0498. The zero-order valence-corrected chi connectivity index (χ0v) is 10.2. The van der Waals surface area contributed by atoms with Crippen molar-refractivity contribution in [3.05, 3.63) is 0 Å². The second kappa shape index (κ2) is 6.74. The maximum absolute atomic E-state index is 11.6. The maximum Gasteiger partial charge on any atom is 0.315 e. The Morgan fingerprint density at radius 3 is 2.56 bits per heavy atom. The molecule has 0 atom stereocenters. The van der Waals surface area contributed by atoms with Gasteiger partial charge in [-0.05, 0) is 19.3 Å². The molecule has 0 spiro atoms. The average Bonchev–Trinajstić information content (AvgIpc) is 2.30. The summed E-state index contributed by atoms with van der Waals surface area (Å²) >= 11 is 0. The highest BCUT2D eigenvalue weighted by Gasteiger charge is 2.32. The van der Waals surface area contributed by atoms with Gasteiger partial charge in [-0.25, -0.2) is 4.79 Å². The lowest BCUT2D eigenvalue weighted by Gasteiger charge is -2.36. The molecule has 0 aliphatic heterocycles. The van der Waals surface area contributed by atoms with E-state index in [1.807, 2.05) is 0 Å². The van der Waals surface area contributed by atoms with Gasteiger partial charge in [-0.15, -0.1) is 0 Å². The lowest BCUT2D eigenvalue weighted by molar-refractivity contribution is 0.125. The molecule has 1 rings (SSSR count). The predicted molar refractivity (Wildman–Crippen MR) is 64.3 cm³/mol. The molecule has 2 amide bonds. The summed E-state index contributed by atoms with van der Waals surface area (Å²) in [5.74, 6) is 0. The van der Waals surface area contributed by atoms with Crippen LogP contribution in [0.4, 0.5) is 4.79 Å². The summed E-state index contributed by atoms with van der Waals surface area (Å²) in [5.41, 5.74) is -0.367. The molecular weight excluding hydrogens is 204 g/mol. The number of carbonyl (C=O) groups excluding carboxylic acids is 1. The van der Waals surface area contributed by atoms with Crippen molar-refractivity contribution in [1.82, 2.24) is 10.6 Å². The molecule has 3 N–H and O–H groups in total. The van der Waals surface area contributed by atoms with E-state index in [-0.39, 0.29) is 18.2 Å². The van der Waals surface area contributed by atoms with Crippen molar-refractivity contribution in [1.29, 1.82) is 0 Å². The summed E-state index contributed by atoms with van der Waals surface area (Å²) in [6.07, 6.45) is 7.26. The van der Waals surface area contributed by atoms with E-state index >= 15 is 0 Å². The van der Waals surface area contributed by atoms with Crippen LogP contribution in [-0.4, -0.2) is 29.8 Å². The zero-order chi connectivity index (χ0) is 11.9. The maximum atomic E-state index is 11.6. The van der Waals surface area contributed by atoms with E-state index < -0.39 is 0 Å². The molecule has 0 aromatic rings. The Balaban J connectivity index is 2.33. The van der Waals surface area contributed by atoms with Crippen molar-refractivity contribution in [2.24, 2.45) is 0 Å². The summed E-state index contributed by atoms with van der Waals surface area (Å²) in [5, 5.41) is 15.2. The van der Waals surface area contributed by atoms with E-state index in [9.17, 15) is 9.90 Å². The third kappa shape index (κ3) is 4.00. The minimum Gasteiger partial charge on any atom is -0.394 e. The molecule has 16 heavy (non-hydrogen) atoms. The van der Waals surface area contributed by atoms with Gasteiger partial charge < -0.3 is 15.7 Å². The Morgan fingerprint density at radius 2 is 2.00 bits per heavy atom. The standard InChI is InChI=1S/C12H24N2O2/c1-2-3-9-13-11(16)14-12(10-15)7-5-4-6-8-12/h15H,2-10H2,1H3,(H2,13,14,16). The molecular formula is C12H24N2O2. The Hall–Kier alpha value is -0.770. The fraction of sp³-hybridized carbons (Fsp3) is 0.917. The molecule has 0 radical (unpaired) electrons. The first-order valence-electron chi connectivity index (χ1n) is 6.39. The van der Waals surface area contributed by atoms with E-state index in [0.29, 0.717) is 6.54 Å². The number of nitrogens with one attached hydrogen (secondary N) is 2. The lowest BCUT2D eigenvalue weighted by atomic mass is 9.82. The van der Waals surface area contributed by atoms with E-state index in [0.717, 1.165) is 38.5 Å². The van der Waals surface area contributed by atoms with Gasteiger partial charge in [-0.1, -0.05) is 32.6 Å². The topological polar surface area (TPSA) is 61.4 Å². The van der Waals surface area contributed by atoms with Crippen molar-refractivity contribution in [2.45, 2.75) is 57.4 Å². The molecule has 0 heterocycles. The molecule has 4 nitrogen and oxygen atoms in total. The normalized spacial score (nSPS) is 19.1. The Labute approximate surface area is 97.8 Å². The molecule has 0 bridgehead atoms. The number of amides is 2. The van der Waals surface area contributed by atoms with Crippen LogP contribution in [0.15, 0.2) is 0 Å². The first kappa shape index (κ1) is 13.3. The quantitative estimate of drug-likeness (QED) is 0.628. The van der Waals surface area contributed by atoms with Crippen LogP contribution in [0.5, 0.6) is 0 Å². The number of urea groups is 1. The van der Waals surface area contributed by atoms with Crippen molar-refractivity contribution in [2.75, 3.05) is 13.2 Å². The minimum atomic E-state index is -0.367. The Morgan fingerprint density at radius 1 is 1.31 bits per heavy atom.